The van der Waals surface area contributed by atoms with E-state index in [2.05, 4.69) is 15.3 Å². The average Bonchev–Trinajstić information content (AvgIpc) is 2.20. The molecule has 1 heterocycles. The zero-order valence-electron chi connectivity index (χ0n) is 10.0. The second-order valence-corrected chi connectivity index (χ2v) is 4.09. The molecule has 90 valence electrons. The molecule has 1 rings (SSSR count). The van der Waals surface area contributed by atoms with Gasteiger partial charge in [-0.1, -0.05) is 13.8 Å². The highest BCUT2D eigenvalue weighted by Crippen LogP contribution is 2.00. The largest absolute Gasteiger partial charge is 0.396 e. The molecule has 0 bridgehead atoms. The minimum atomic E-state index is -0.151. The van der Waals surface area contributed by atoms with Gasteiger partial charge in [0.05, 0.1) is 6.54 Å². The minimum Gasteiger partial charge on any atom is -0.396 e. The van der Waals surface area contributed by atoms with Crippen molar-refractivity contribution in [3.63, 3.8) is 0 Å². The number of rotatable bonds is 5. The first-order valence-electron chi connectivity index (χ1n) is 5.47. The second kappa shape index (κ2) is 5.77. The van der Waals surface area contributed by atoms with Gasteiger partial charge in [-0.25, -0.2) is 4.98 Å². The predicted molar refractivity (Wildman–Crippen MR) is 62.4 cm³/mol. The van der Waals surface area contributed by atoms with E-state index < -0.39 is 0 Å². The number of nitrogens with one attached hydrogen (secondary N) is 2. The lowest BCUT2D eigenvalue weighted by atomic mass is 10.2. The van der Waals surface area contributed by atoms with Gasteiger partial charge < -0.3 is 15.4 Å². The van der Waals surface area contributed by atoms with Gasteiger partial charge in [-0.05, 0) is 6.92 Å². The molecule has 0 spiro atoms. The number of hydrogen-bond donors (Lipinski definition) is 3. The van der Waals surface area contributed by atoms with Crippen LogP contribution in [0.2, 0.25) is 0 Å². The first-order chi connectivity index (χ1) is 7.54. The van der Waals surface area contributed by atoms with Crippen molar-refractivity contribution < 1.29 is 5.11 Å². The summed E-state index contributed by atoms with van der Waals surface area (Å²) >= 11 is 0. The Hall–Kier alpha value is -1.20. The molecule has 3 N–H and O–H groups in total. The van der Waals surface area contributed by atoms with Crippen LogP contribution in [0.15, 0.2) is 4.79 Å². The van der Waals surface area contributed by atoms with Gasteiger partial charge in [-0.15, -0.1) is 0 Å². The molecular weight excluding hydrogens is 206 g/mol. The standard InChI is InChI=1S/C11H19N3O2/c1-7(2)12-6-10-13-8(3)9(4-5-15)11(16)14-10/h7,12,15H,4-6H2,1-3H3,(H,13,14,16). The third-order valence-corrected chi connectivity index (χ3v) is 2.31. The van der Waals surface area contributed by atoms with Gasteiger partial charge in [0.1, 0.15) is 5.82 Å². The van der Waals surface area contributed by atoms with E-state index in [1.54, 1.807) is 6.92 Å². The van der Waals surface area contributed by atoms with Crippen LogP contribution in [-0.2, 0) is 13.0 Å². The number of aromatic nitrogens is 2. The Kier molecular flexibility index (Phi) is 4.64. The Morgan fingerprint density at radius 1 is 1.50 bits per heavy atom. The molecule has 0 amide bonds. The van der Waals surface area contributed by atoms with E-state index >= 15 is 0 Å². The van der Waals surface area contributed by atoms with Crippen LogP contribution in [-0.4, -0.2) is 27.7 Å². The number of aliphatic hydroxyl groups excluding tert-OH is 1. The van der Waals surface area contributed by atoms with Crippen LogP contribution in [0.4, 0.5) is 0 Å². The zero-order chi connectivity index (χ0) is 12.1. The van der Waals surface area contributed by atoms with E-state index in [-0.39, 0.29) is 12.2 Å². The van der Waals surface area contributed by atoms with E-state index in [1.807, 2.05) is 13.8 Å². The molecule has 5 heteroatoms. The van der Waals surface area contributed by atoms with Crippen LogP contribution >= 0.6 is 0 Å². The molecule has 0 radical (unpaired) electrons. The molecule has 5 nitrogen and oxygen atoms in total. The number of aromatic amines is 1. The third kappa shape index (κ3) is 3.43. The fourth-order valence-electron chi connectivity index (χ4n) is 1.46. The van der Waals surface area contributed by atoms with Crippen molar-refractivity contribution in [1.29, 1.82) is 0 Å². The Morgan fingerprint density at radius 3 is 2.69 bits per heavy atom. The molecule has 0 saturated heterocycles. The molecule has 0 aromatic carbocycles. The SMILES string of the molecule is Cc1nc(CNC(C)C)[nH]c(=O)c1CCO. The molecule has 0 aliphatic rings. The van der Waals surface area contributed by atoms with Crippen molar-refractivity contribution in [2.24, 2.45) is 0 Å². The summed E-state index contributed by atoms with van der Waals surface area (Å²) in [5.41, 5.74) is 1.11. The summed E-state index contributed by atoms with van der Waals surface area (Å²) in [6, 6.07) is 0.350. The van der Waals surface area contributed by atoms with Crippen LogP contribution in [0.5, 0.6) is 0 Å². The van der Waals surface area contributed by atoms with Crippen molar-refractivity contribution in [3.05, 3.63) is 27.4 Å². The molecule has 1 aromatic rings. The topological polar surface area (TPSA) is 78.0 Å². The van der Waals surface area contributed by atoms with E-state index in [0.717, 1.165) is 0 Å². The maximum atomic E-state index is 11.7. The van der Waals surface area contributed by atoms with Crippen LogP contribution in [0.3, 0.4) is 0 Å². The van der Waals surface area contributed by atoms with E-state index in [0.29, 0.717) is 36.1 Å². The summed E-state index contributed by atoms with van der Waals surface area (Å²) in [6.45, 7) is 6.37. The van der Waals surface area contributed by atoms with Crippen molar-refractivity contribution in [1.82, 2.24) is 15.3 Å². The molecule has 0 aliphatic heterocycles. The van der Waals surface area contributed by atoms with Crippen LogP contribution in [0.25, 0.3) is 0 Å². The number of aliphatic hydroxyl groups is 1. The Morgan fingerprint density at radius 2 is 2.19 bits per heavy atom. The number of nitrogens with zero attached hydrogens (tertiary/aromatic N) is 1. The maximum absolute atomic E-state index is 11.7. The molecule has 0 aliphatic carbocycles. The quantitative estimate of drug-likeness (QED) is 0.664. The maximum Gasteiger partial charge on any atom is 0.254 e. The number of hydrogen-bond acceptors (Lipinski definition) is 4. The van der Waals surface area contributed by atoms with Gasteiger partial charge in [0, 0.05) is 30.3 Å². The molecule has 0 atom stereocenters. The van der Waals surface area contributed by atoms with Crippen molar-refractivity contribution >= 4 is 0 Å². The second-order valence-electron chi connectivity index (χ2n) is 4.09. The van der Waals surface area contributed by atoms with Gasteiger partial charge in [0.15, 0.2) is 0 Å². The molecule has 0 saturated carbocycles. The van der Waals surface area contributed by atoms with E-state index in [1.165, 1.54) is 0 Å². The van der Waals surface area contributed by atoms with Crippen molar-refractivity contribution in [3.8, 4) is 0 Å². The van der Waals surface area contributed by atoms with Crippen LogP contribution in [0, 0.1) is 6.92 Å². The lowest BCUT2D eigenvalue weighted by Crippen LogP contribution is -2.27. The highest BCUT2D eigenvalue weighted by atomic mass is 16.3. The molecule has 0 unspecified atom stereocenters. The van der Waals surface area contributed by atoms with E-state index in [9.17, 15) is 4.79 Å². The highest BCUT2D eigenvalue weighted by Gasteiger charge is 2.07. The monoisotopic (exact) mass is 225 g/mol. The lowest BCUT2D eigenvalue weighted by molar-refractivity contribution is 0.298. The lowest BCUT2D eigenvalue weighted by Gasteiger charge is -2.09. The summed E-state index contributed by atoms with van der Waals surface area (Å²) in [7, 11) is 0. The number of H-pyrrole nitrogens is 1. The Balaban J connectivity index is 2.87. The Bertz CT molecular complexity index is 399. The zero-order valence-corrected chi connectivity index (χ0v) is 10.0. The summed E-state index contributed by atoms with van der Waals surface area (Å²) < 4.78 is 0. The summed E-state index contributed by atoms with van der Waals surface area (Å²) in [6.07, 6.45) is 0.353. The summed E-state index contributed by atoms with van der Waals surface area (Å²) in [5, 5.41) is 12.0. The van der Waals surface area contributed by atoms with Gasteiger partial charge >= 0.3 is 0 Å². The van der Waals surface area contributed by atoms with Gasteiger partial charge in [-0.2, -0.15) is 0 Å². The summed E-state index contributed by atoms with van der Waals surface area (Å²) in [5.74, 6) is 0.637. The fourth-order valence-corrected chi connectivity index (χ4v) is 1.46. The first kappa shape index (κ1) is 12.9. The van der Waals surface area contributed by atoms with Gasteiger partial charge in [-0.3, -0.25) is 4.79 Å². The number of aryl methyl sites for hydroxylation is 1. The predicted octanol–water partition coefficient (Wildman–Crippen LogP) is 0.111. The third-order valence-electron chi connectivity index (χ3n) is 2.31. The van der Waals surface area contributed by atoms with Gasteiger partial charge in [0.25, 0.3) is 5.56 Å². The van der Waals surface area contributed by atoms with Crippen molar-refractivity contribution in [2.45, 2.75) is 39.8 Å². The highest BCUT2D eigenvalue weighted by molar-refractivity contribution is 5.16. The normalized spacial score (nSPS) is 11.1. The Labute approximate surface area is 94.9 Å². The smallest absolute Gasteiger partial charge is 0.254 e. The molecular formula is C11H19N3O2. The van der Waals surface area contributed by atoms with Gasteiger partial charge in [0.2, 0.25) is 0 Å². The average molecular weight is 225 g/mol. The summed E-state index contributed by atoms with van der Waals surface area (Å²) in [4.78, 5) is 18.7. The first-order valence-corrected chi connectivity index (χ1v) is 5.47. The minimum absolute atomic E-state index is 0.0325. The molecule has 1 aromatic heterocycles. The van der Waals surface area contributed by atoms with Crippen LogP contribution in [0.1, 0.15) is 30.9 Å². The fraction of sp³-hybridized carbons (Fsp3) is 0.636. The van der Waals surface area contributed by atoms with E-state index in [4.69, 9.17) is 5.11 Å². The van der Waals surface area contributed by atoms with Crippen LogP contribution < -0.4 is 10.9 Å². The molecule has 0 fully saturated rings. The van der Waals surface area contributed by atoms with Crippen molar-refractivity contribution in [2.75, 3.05) is 6.61 Å². The molecule has 16 heavy (non-hydrogen) atoms.